The third-order valence-corrected chi connectivity index (χ3v) is 2.90. The Bertz CT molecular complexity index is 211. The Labute approximate surface area is 90.3 Å². The Balaban J connectivity index is 1.85. The van der Waals surface area contributed by atoms with Gasteiger partial charge in [-0.3, -0.25) is 0 Å². The van der Waals surface area contributed by atoms with E-state index in [1.54, 1.807) is 11.3 Å². The van der Waals surface area contributed by atoms with Gasteiger partial charge in [0.05, 0.1) is 6.61 Å². The Kier molecular flexibility index (Phi) is 6.66. The first-order valence-electron chi connectivity index (χ1n) is 5.24. The molecule has 2 nitrogen and oxygen atoms in total. The van der Waals surface area contributed by atoms with Crippen LogP contribution in [0.15, 0.2) is 17.5 Å². The second kappa shape index (κ2) is 7.97. The molecule has 0 aliphatic carbocycles. The van der Waals surface area contributed by atoms with Crippen LogP contribution < -0.4 is 5.32 Å². The Morgan fingerprint density at radius 2 is 2.36 bits per heavy atom. The molecule has 0 amide bonds. The summed E-state index contributed by atoms with van der Waals surface area (Å²) in [4.78, 5) is 1.41. The molecule has 0 saturated carbocycles. The fraction of sp³-hybridized carbons (Fsp3) is 0.636. The molecule has 1 rings (SSSR count). The van der Waals surface area contributed by atoms with E-state index in [0.717, 1.165) is 39.1 Å². The van der Waals surface area contributed by atoms with Crippen molar-refractivity contribution in [3.05, 3.63) is 22.4 Å². The van der Waals surface area contributed by atoms with Gasteiger partial charge in [0.1, 0.15) is 0 Å². The monoisotopic (exact) mass is 213 g/mol. The van der Waals surface area contributed by atoms with Crippen LogP contribution in [-0.4, -0.2) is 26.3 Å². The first-order chi connectivity index (χ1) is 6.93. The molecule has 0 bridgehead atoms. The fourth-order valence-corrected chi connectivity index (χ4v) is 1.90. The quantitative estimate of drug-likeness (QED) is 0.669. The molecular weight excluding hydrogens is 194 g/mol. The third-order valence-electron chi connectivity index (χ3n) is 1.97. The zero-order chi connectivity index (χ0) is 10.1. The molecule has 1 aromatic rings. The van der Waals surface area contributed by atoms with Crippen molar-refractivity contribution in [3.8, 4) is 0 Å². The van der Waals surface area contributed by atoms with Crippen LogP contribution in [0.25, 0.3) is 0 Å². The maximum absolute atomic E-state index is 5.52. The van der Waals surface area contributed by atoms with Gasteiger partial charge >= 0.3 is 0 Å². The molecule has 0 atom stereocenters. The van der Waals surface area contributed by atoms with E-state index < -0.39 is 0 Å². The van der Waals surface area contributed by atoms with Crippen molar-refractivity contribution in [2.24, 2.45) is 0 Å². The first kappa shape index (κ1) is 11.7. The number of ether oxygens (including phenoxy) is 1. The van der Waals surface area contributed by atoms with Crippen LogP contribution in [0.2, 0.25) is 0 Å². The molecule has 1 heterocycles. The summed E-state index contributed by atoms with van der Waals surface area (Å²) in [5.41, 5.74) is 0. The Morgan fingerprint density at radius 3 is 3.07 bits per heavy atom. The van der Waals surface area contributed by atoms with Gasteiger partial charge in [-0.1, -0.05) is 13.0 Å². The average molecular weight is 213 g/mol. The molecule has 14 heavy (non-hydrogen) atoms. The van der Waals surface area contributed by atoms with Crippen molar-refractivity contribution < 1.29 is 4.74 Å². The fourth-order valence-electron chi connectivity index (χ4n) is 1.21. The van der Waals surface area contributed by atoms with Crippen molar-refractivity contribution in [1.29, 1.82) is 0 Å². The minimum absolute atomic E-state index is 0.854. The molecule has 0 spiro atoms. The van der Waals surface area contributed by atoms with Crippen LogP contribution in [0.3, 0.4) is 0 Å². The molecule has 0 aliphatic heterocycles. The van der Waals surface area contributed by atoms with E-state index >= 15 is 0 Å². The SMILES string of the molecule is CCNCCCOCCc1cccs1. The van der Waals surface area contributed by atoms with E-state index in [1.165, 1.54) is 4.88 Å². The van der Waals surface area contributed by atoms with Crippen molar-refractivity contribution >= 4 is 11.3 Å². The minimum Gasteiger partial charge on any atom is -0.381 e. The van der Waals surface area contributed by atoms with E-state index in [4.69, 9.17) is 4.74 Å². The predicted molar refractivity (Wildman–Crippen MR) is 62.0 cm³/mol. The number of rotatable bonds is 8. The van der Waals surface area contributed by atoms with Gasteiger partial charge in [-0.05, 0) is 31.0 Å². The molecule has 3 heteroatoms. The summed E-state index contributed by atoms with van der Waals surface area (Å²) in [5.74, 6) is 0. The van der Waals surface area contributed by atoms with Crippen LogP contribution in [0.5, 0.6) is 0 Å². The van der Waals surface area contributed by atoms with Crippen LogP contribution in [0.4, 0.5) is 0 Å². The molecular formula is C11H19NOS. The van der Waals surface area contributed by atoms with Crippen LogP contribution in [-0.2, 0) is 11.2 Å². The number of hydrogen-bond acceptors (Lipinski definition) is 3. The van der Waals surface area contributed by atoms with Gasteiger partial charge in [0.2, 0.25) is 0 Å². The van der Waals surface area contributed by atoms with Crippen molar-refractivity contribution in [2.75, 3.05) is 26.3 Å². The lowest BCUT2D eigenvalue weighted by Gasteiger charge is -2.03. The number of hydrogen-bond donors (Lipinski definition) is 1. The molecule has 0 aliphatic rings. The lowest BCUT2D eigenvalue weighted by molar-refractivity contribution is 0.135. The second-order valence-corrected chi connectivity index (χ2v) is 4.18. The van der Waals surface area contributed by atoms with Gasteiger partial charge in [-0.2, -0.15) is 0 Å². The Hall–Kier alpha value is -0.380. The normalized spacial score (nSPS) is 10.6. The molecule has 0 aromatic carbocycles. The highest BCUT2D eigenvalue weighted by Gasteiger charge is 1.93. The second-order valence-electron chi connectivity index (χ2n) is 3.15. The van der Waals surface area contributed by atoms with Crippen LogP contribution in [0.1, 0.15) is 18.2 Å². The summed E-state index contributed by atoms with van der Waals surface area (Å²) in [6.07, 6.45) is 2.16. The molecule has 0 saturated heterocycles. The molecule has 0 unspecified atom stereocenters. The predicted octanol–water partition coefficient (Wildman–Crippen LogP) is 2.31. The standard InChI is InChI=1S/C11H19NOS/c1-2-12-7-4-8-13-9-6-11-5-3-10-14-11/h3,5,10,12H,2,4,6-9H2,1H3. The van der Waals surface area contributed by atoms with Gasteiger partial charge in [0.15, 0.2) is 0 Å². The lowest BCUT2D eigenvalue weighted by atomic mass is 10.3. The maximum Gasteiger partial charge on any atom is 0.0514 e. The average Bonchev–Trinajstić information content (AvgIpc) is 2.69. The number of nitrogens with one attached hydrogen (secondary N) is 1. The van der Waals surface area contributed by atoms with E-state index in [1.807, 2.05) is 0 Å². The highest BCUT2D eigenvalue weighted by molar-refractivity contribution is 7.09. The van der Waals surface area contributed by atoms with E-state index in [9.17, 15) is 0 Å². The maximum atomic E-state index is 5.52. The molecule has 1 N–H and O–H groups in total. The van der Waals surface area contributed by atoms with E-state index in [-0.39, 0.29) is 0 Å². The lowest BCUT2D eigenvalue weighted by Crippen LogP contribution is -2.16. The minimum atomic E-state index is 0.854. The summed E-state index contributed by atoms with van der Waals surface area (Å²) in [7, 11) is 0. The summed E-state index contributed by atoms with van der Waals surface area (Å²) < 4.78 is 5.52. The molecule has 0 fully saturated rings. The van der Waals surface area contributed by atoms with Crippen LogP contribution in [0, 0.1) is 0 Å². The van der Waals surface area contributed by atoms with E-state index in [2.05, 4.69) is 29.8 Å². The van der Waals surface area contributed by atoms with Crippen molar-refractivity contribution in [3.63, 3.8) is 0 Å². The van der Waals surface area contributed by atoms with E-state index in [0.29, 0.717) is 0 Å². The van der Waals surface area contributed by atoms with Gasteiger partial charge in [-0.25, -0.2) is 0 Å². The van der Waals surface area contributed by atoms with Gasteiger partial charge in [0, 0.05) is 17.9 Å². The zero-order valence-electron chi connectivity index (χ0n) is 8.79. The molecule has 0 radical (unpaired) electrons. The van der Waals surface area contributed by atoms with Gasteiger partial charge < -0.3 is 10.1 Å². The van der Waals surface area contributed by atoms with Gasteiger partial charge in [0.25, 0.3) is 0 Å². The van der Waals surface area contributed by atoms with Crippen LogP contribution >= 0.6 is 11.3 Å². The highest BCUT2D eigenvalue weighted by atomic mass is 32.1. The van der Waals surface area contributed by atoms with Gasteiger partial charge in [-0.15, -0.1) is 11.3 Å². The topological polar surface area (TPSA) is 21.3 Å². The smallest absolute Gasteiger partial charge is 0.0514 e. The molecule has 80 valence electrons. The number of thiophene rings is 1. The summed E-state index contributed by atoms with van der Waals surface area (Å²) in [5, 5.41) is 5.39. The highest BCUT2D eigenvalue weighted by Crippen LogP contribution is 2.08. The summed E-state index contributed by atoms with van der Waals surface area (Å²) >= 11 is 1.80. The zero-order valence-corrected chi connectivity index (χ0v) is 9.61. The summed E-state index contributed by atoms with van der Waals surface area (Å²) in [6.45, 7) is 5.97. The Morgan fingerprint density at radius 1 is 1.43 bits per heavy atom. The third kappa shape index (κ3) is 5.37. The van der Waals surface area contributed by atoms with Crippen molar-refractivity contribution in [2.45, 2.75) is 19.8 Å². The first-order valence-corrected chi connectivity index (χ1v) is 6.12. The molecule has 1 aromatic heterocycles. The largest absolute Gasteiger partial charge is 0.381 e. The van der Waals surface area contributed by atoms with Crippen molar-refractivity contribution in [1.82, 2.24) is 5.32 Å². The summed E-state index contributed by atoms with van der Waals surface area (Å²) in [6, 6.07) is 4.25.